The zero-order valence-electron chi connectivity index (χ0n) is 7.12. The Bertz CT molecular complexity index is 417. The molecule has 0 spiro atoms. The number of nitriles is 2. The van der Waals surface area contributed by atoms with Crippen LogP contribution in [0.2, 0.25) is 0 Å². The Morgan fingerprint density at radius 2 is 1.77 bits per heavy atom. The van der Waals surface area contributed by atoms with Crippen LogP contribution in [0.1, 0.15) is 35.4 Å². The predicted octanol–water partition coefficient (Wildman–Crippen LogP) is 2.31. The molecule has 2 rings (SSSR count). The van der Waals surface area contributed by atoms with Gasteiger partial charge in [-0.05, 0) is 36.5 Å². The van der Waals surface area contributed by atoms with E-state index in [4.69, 9.17) is 10.5 Å². The molecule has 0 aromatic heterocycles. The van der Waals surface area contributed by atoms with Crippen molar-refractivity contribution in [2.24, 2.45) is 0 Å². The lowest BCUT2D eigenvalue weighted by Gasteiger charge is -1.99. The maximum absolute atomic E-state index is 8.78. The van der Waals surface area contributed by atoms with Gasteiger partial charge in [0.15, 0.2) is 0 Å². The molecule has 1 aromatic rings. The molecule has 1 saturated carbocycles. The second-order valence-electron chi connectivity index (χ2n) is 3.30. The Morgan fingerprint density at radius 3 is 2.31 bits per heavy atom. The molecule has 1 aliphatic rings. The van der Waals surface area contributed by atoms with Gasteiger partial charge >= 0.3 is 0 Å². The first-order valence-corrected chi connectivity index (χ1v) is 4.29. The van der Waals surface area contributed by atoms with Crippen LogP contribution in [0.15, 0.2) is 18.2 Å². The number of benzene rings is 1. The molecular formula is C11H8N2. The lowest BCUT2D eigenvalue weighted by atomic mass is 10.0. The molecule has 0 atom stereocenters. The van der Waals surface area contributed by atoms with Crippen LogP contribution in [0.4, 0.5) is 0 Å². The van der Waals surface area contributed by atoms with E-state index in [2.05, 4.69) is 0 Å². The standard InChI is InChI=1S/C11H8N2/c12-6-10-4-3-9(8-1-2-8)5-11(10)7-13/h3-5,8H,1-2H2. The van der Waals surface area contributed by atoms with Crippen LogP contribution in [-0.4, -0.2) is 0 Å². The van der Waals surface area contributed by atoms with Gasteiger partial charge in [0.05, 0.1) is 11.1 Å². The summed E-state index contributed by atoms with van der Waals surface area (Å²) >= 11 is 0. The first-order chi connectivity index (χ1) is 6.35. The van der Waals surface area contributed by atoms with Crippen LogP contribution in [-0.2, 0) is 0 Å². The average Bonchev–Trinajstić information content (AvgIpc) is 3.00. The molecule has 0 N–H and O–H groups in total. The number of hydrogen-bond acceptors (Lipinski definition) is 2. The van der Waals surface area contributed by atoms with E-state index in [1.54, 1.807) is 6.07 Å². The van der Waals surface area contributed by atoms with E-state index in [9.17, 15) is 0 Å². The smallest absolute Gasteiger partial charge is 0.101 e. The van der Waals surface area contributed by atoms with Crippen LogP contribution >= 0.6 is 0 Å². The maximum Gasteiger partial charge on any atom is 0.101 e. The highest BCUT2D eigenvalue weighted by Crippen LogP contribution is 2.40. The van der Waals surface area contributed by atoms with Gasteiger partial charge in [-0.1, -0.05) is 6.07 Å². The molecule has 2 heteroatoms. The Balaban J connectivity index is 2.46. The van der Waals surface area contributed by atoms with Crippen molar-refractivity contribution in [2.75, 3.05) is 0 Å². The lowest BCUT2D eigenvalue weighted by Crippen LogP contribution is -1.86. The molecule has 1 aromatic carbocycles. The highest BCUT2D eigenvalue weighted by molar-refractivity contribution is 5.48. The van der Waals surface area contributed by atoms with Crippen LogP contribution in [0.25, 0.3) is 0 Å². The molecule has 0 amide bonds. The third-order valence-electron chi connectivity index (χ3n) is 2.33. The Hall–Kier alpha value is -1.80. The van der Waals surface area contributed by atoms with E-state index in [-0.39, 0.29) is 0 Å². The van der Waals surface area contributed by atoms with Crippen LogP contribution in [0.5, 0.6) is 0 Å². The predicted molar refractivity (Wildman–Crippen MR) is 47.8 cm³/mol. The second kappa shape index (κ2) is 2.92. The van der Waals surface area contributed by atoms with E-state index < -0.39 is 0 Å². The average molecular weight is 168 g/mol. The fraction of sp³-hybridized carbons (Fsp3) is 0.273. The Labute approximate surface area is 77.0 Å². The fourth-order valence-corrected chi connectivity index (χ4v) is 1.42. The van der Waals surface area contributed by atoms with Gasteiger partial charge in [0.25, 0.3) is 0 Å². The number of rotatable bonds is 1. The maximum atomic E-state index is 8.78. The highest BCUT2D eigenvalue weighted by atomic mass is 14.3. The van der Waals surface area contributed by atoms with Crippen LogP contribution in [0.3, 0.4) is 0 Å². The summed E-state index contributed by atoms with van der Waals surface area (Å²) in [5.74, 6) is 0.639. The van der Waals surface area contributed by atoms with Gasteiger partial charge in [0.1, 0.15) is 12.1 Å². The van der Waals surface area contributed by atoms with Crippen molar-refractivity contribution in [3.63, 3.8) is 0 Å². The van der Waals surface area contributed by atoms with Gasteiger partial charge in [0, 0.05) is 0 Å². The van der Waals surface area contributed by atoms with Gasteiger partial charge < -0.3 is 0 Å². The zero-order valence-corrected chi connectivity index (χ0v) is 7.12. The summed E-state index contributed by atoms with van der Waals surface area (Å²) in [6.45, 7) is 0. The van der Waals surface area contributed by atoms with Gasteiger partial charge in [-0.25, -0.2) is 0 Å². The summed E-state index contributed by atoms with van der Waals surface area (Å²) in [4.78, 5) is 0. The summed E-state index contributed by atoms with van der Waals surface area (Å²) in [5.41, 5.74) is 2.19. The highest BCUT2D eigenvalue weighted by Gasteiger charge is 2.23. The minimum absolute atomic E-state index is 0.479. The molecule has 1 fully saturated rings. The number of nitrogens with zero attached hydrogens (tertiary/aromatic N) is 2. The van der Waals surface area contributed by atoms with Crippen molar-refractivity contribution in [3.8, 4) is 12.1 Å². The molecule has 62 valence electrons. The van der Waals surface area contributed by atoms with Crippen LogP contribution in [0, 0.1) is 22.7 Å². The first kappa shape index (κ1) is 7.83. The zero-order chi connectivity index (χ0) is 9.26. The minimum Gasteiger partial charge on any atom is -0.192 e. The second-order valence-corrected chi connectivity index (χ2v) is 3.30. The molecular weight excluding hydrogens is 160 g/mol. The molecule has 0 bridgehead atoms. The third kappa shape index (κ3) is 1.39. The van der Waals surface area contributed by atoms with E-state index in [1.165, 1.54) is 18.4 Å². The molecule has 0 radical (unpaired) electrons. The van der Waals surface area contributed by atoms with Crippen molar-refractivity contribution >= 4 is 0 Å². The van der Waals surface area contributed by atoms with Gasteiger partial charge in [0.2, 0.25) is 0 Å². The normalized spacial score (nSPS) is 14.6. The summed E-state index contributed by atoms with van der Waals surface area (Å²) in [6, 6.07) is 9.60. The quantitative estimate of drug-likeness (QED) is 0.646. The van der Waals surface area contributed by atoms with Crippen molar-refractivity contribution in [3.05, 3.63) is 34.9 Å². The van der Waals surface area contributed by atoms with E-state index >= 15 is 0 Å². The van der Waals surface area contributed by atoms with E-state index in [0.29, 0.717) is 17.0 Å². The summed E-state index contributed by atoms with van der Waals surface area (Å²) in [6.07, 6.45) is 2.44. The molecule has 0 aliphatic heterocycles. The first-order valence-electron chi connectivity index (χ1n) is 4.29. The SMILES string of the molecule is N#Cc1ccc(C2CC2)cc1C#N. The van der Waals surface area contributed by atoms with Gasteiger partial charge in [-0.15, -0.1) is 0 Å². The summed E-state index contributed by atoms with van der Waals surface area (Å²) in [7, 11) is 0. The molecule has 0 heterocycles. The molecule has 0 saturated heterocycles. The fourth-order valence-electron chi connectivity index (χ4n) is 1.42. The summed E-state index contributed by atoms with van der Waals surface area (Å²) in [5, 5.41) is 17.5. The molecule has 0 unspecified atom stereocenters. The molecule has 1 aliphatic carbocycles. The van der Waals surface area contributed by atoms with Crippen molar-refractivity contribution in [1.82, 2.24) is 0 Å². The Morgan fingerprint density at radius 1 is 1.08 bits per heavy atom. The largest absolute Gasteiger partial charge is 0.192 e. The Kier molecular flexibility index (Phi) is 1.76. The molecule has 13 heavy (non-hydrogen) atoms. The van der Waals surface area contributed by atoms with Crippen LogP contribution < -0.4 is 0 Å². The van der Waals surface area contributed by atoms with Crippen molar-refractivity contribution in [2.45, 2.75) is 18.8 Å². The lowest BCUT2D eigenvalue weighted by molar-refractivity contribution is 1.12. The minimum atomic E-state index is 0.479. The summed E-state index contributed by atoms with van der Waals surface area (Å²) < 4.78 is 0. The molecule has 2 nitrogen and oxygen atoms in total. The van der Waals surface area contributed by atoms with Crippen molar-refractivity contribution < 1.29 is 0 Å². The third-order valence-corrected chi connectivity index (χ3v) is 2.33. The van der Waals surface area contributed by atoms with E-state index in [1.807, 2.05) is 24.3 Å². The van der Waals surface area contributed by atoms with Gasteiger partial charge in [-0.2, -0.15) is 10.5 Å². The van der Waals surface area contributed by atoms with Gasteiger partial charge in [-0.3, -0.25) is 0 Å². The van der Waals surface area contributed by atoms with E-state index in [0.717, 1.165) is 0 Å². The number of hydrogen-bond donors (Lipinski definition) is 0. The van der Waals surface area contributed by atoms with Crippen molar-refractivity contribution in [1.29, 1.82) is 10.5 Å². The monoisotopic (exact) mass is 168 g/mol. The topological polar surface area (TPSA) is 47.6 Å².